The number of carbonyl (C=O) groups is 1. The Kier molecular flexibility index (Phi) is 9.31. The monoisotopic (exact) mass is 308 g/mol. The normalized spacial score (nSPS) is 12.1. The van der Waals surface area contributed by atoms with Crippen molar-refractivity contribution in [1.82, 2.24) is 0 Å². The van der Waals surface area contributed by atoms with Crippen LogP contribution in [0.2, 0.25) is 0 Å². The molecule has 0 saturated carbocycles. The molecule has 1 unspecified atom stereocenters. The zero-order valence-electron chi connectivity index (χ0n) is 13.7. The van der Waals surface area contributed by atoms with Crippen LogP contribution < -0.4 is 4.74 Å². The average molecular weight is 308 g/mol. The van der Waals surface area contributed by atoms with E-state index in [4.69, 9.17) is 14.6 Å². The highest BCUT2D eigenvalue weighted by Gasteiger charge is 2.05. The van der Waals surface area contributed by atoms with Gasteiger partial charge in [0.25, 0.3) is 0 Å². The van der Waals surface area contributed by atoms with Crippen molar-refractivity contribution < 1.29 is 19.4 Å². The first-order valence-electron chi connectivity index (χ1n) is 8.21. The first kappa shape index (κ1) is 18.5. The Balaban J connectivity index is 2.10. The third-order valence-electron chi connectivity index (χ3n) is 3.49. The molecule has 1 aromatic rings. The van der Waals surface area contributed by atoms with Gasteiger partial charge in [-0.15, -0.1) is 0 Å². The van der Waals surface area contributed by atoms with E-state index in [1.807, 2.05) is 6.92 Å². The summed E-state index contributed by atoms with van der Waals surface area (Å²) in [4.78, 5) is 10.7. The van der Waals surface area contributed by atoms with E-state index in [1.54, 1.807) is 24.3 Å². The van der Waals surface area contributed by atoms with Gasteiger partial charge in [0.1, 0.15) is 12.4 Å². The third kappa shape index (κ3) is 8.03. The number of carboxylic acids is 1. The number of benzene rings is 1. The summed E-state index contributed by atoms with van der Waals surface area (Å²) in [6.45, 7) is 5.46. The van der Waals surface area contributed by atoms with Gasteiger partial charge in [0.05, 0.1) is 11.7 Å². The zero-order chi connectivity index (χ0) is 16.2. The second-order valence-electron chi connectivity index (χ2n) is 5.59. The molecule has 0 saturated heterocycles. The van der Waals surface area contributed by atoms with Crippen molar-refractivity contribution in [3.8, 4) is 5.75 Å². The fourth-order valence-electron chi connectivity index (χ4n) is 2.12. The van der Waals surface area contributed by atoms with Crippen LogP contribution in [0.15, 0.2) is 24.3 Å². The van der Waals surface area contributed by atoms with Crippen molar-refractivity contribution >= 4 is 5.97 Å². The molecule has 1 atom stereocenters. The lowest BCUT2D eigenvalue weighted by atomic mass is 10.1. The van der Waals surface area contributed by atoms with E-state index >= 15 is 0 Å². The number of hydrogen-bond acceptors (Lipinski definition) is 3. The molecule has 124 valence electrons. The summed E-state index contributed by atoms with van der Waals surface area (Å²) >= 11 is 0. The lowest BCUT2D eigenvalue weighted by Gasteiger charge is -2.14. The van der Waals surface area contributed by atoms with Crippen LogP contribution in [0.5, 0.6) is 5.75 Å². The minimum Gasteiger partial charge on any atom is -0.491 e. The molecule has 1 rings (SSSR count). The fraction of sp³-hybridized carbons (Fsp3) is 0.611. The molecule has 1 N–H and O–H groups in total. The molecular weight excluding hydrogens is 280 g/mol. The number of unbranched alkanes of at least 4 members (excludes halogenated alkanes) is 5. The van der Waals surface area contributed by atoms with Crippen LogP contribution in [0.4, 0.5) is 0 Å². The summed E-state index contributed by atoms with van der Waals surface area (Å²) in [7, 11) is 0. The van der Waals surface area contributed by atoms with Crippen LogP contribution in [-0.2, 0) is 4.74 Å². The molecule has 0 amide bonds. The van der Waals surface area contributed by atoms with Gasteiger partial charge in [-0.1, -0.05) is 39.0 Å². The van der Waals surface area contributed by atoms with Crippen molar-refractivity contribution in [3.05, 3.63) is 29.8 Å². The van der Waals surface area contributed by atoms with Crippen LogP contribution in [0.3, 0.4) is 0 Å². The molecule has 4 nitrogen and oxygen atoms in total. The molecule has 0 bridgehead atoms. The van der Waals surface area contributed by atoms with Crippen molar-refractivity contribution in [2.45, 2.75) is 58.5 Å². The lowest BCUT2D eigenvalue weighted by Crippen LogP contribution is -2.18. The Morgan fingerprint density at radius 3 is 2.36 bits per heavy atom. The second kappa shape index (κ2) is 11.1. The highest BCUT2D eigenvalue weighted by molar-refractivity contribution is 5.87. The Morgan fingerprint density at radius 2 is 1.73 bits per heavy atom. The molecule has 0 aromatic heterocycles. The van der Waals surface area contributed by atoms with E-state index in [2.05, 4.69) is 6.92 Å². The van der Waals surface area contributed by atoms with Crippen molar-refractivity contribution in [1.29, 1.82) is 0 Å². The minimum atomic E-state index is -0.929. The number of aromatic carboxylic acids is 1. The molecule has 0 aliphatic carbocycles. The second-order valence-corrected chi connectivity index (χ2v) is 5.59. The maximum Gasteiger partial charge on any atom is 0.335 e. The van der Waals surface area contributed by atoms with Crippen LogP contribution in [0, 0.1) is 0 Å². The summed E-state index contributed by atoms with van der Waals surface area (Å²) in [5.41, 5.74) is 0.264. The number of rotatable bonds is 12. The summed E-state index contributed by atoms with van der Waals surface area (Å²) in [6.07, 6.45) is 7.57. The topological polar surface area (TPSA) is 55.8 Å². The summed E-state index contributed by atoms with van der Waals surface area (Å²) < 4.78 is 11.3. The van der Waals surface area contributed by atoms with E-state index in [1.165, 1.54) is 32.1 Å². The first-order valence-corrected chi connectivity index (χ1v) is 8.21. The predicted octanol–water partition coefficient (Wildman–Crippen LogP) is 4.53. The van der Waals surface area contributed by atoms with E-state index in [-0.39, 0.29) is 11.7 Å². The maximum absolute atomic E-state index is 10.7. The molecule has 0 fully saturated rings. The molecule has 0 aliphatic heterocycles. The molecule has 0 heterocycles. The summed E-state index contributed by atoms with van der Waals surface area (Å²) in [5.74, 6) is -0.262. The SMILES string of the molecule is CCCCCCCCOC(C)COc1ccc(C(=O)O)cc1. The number of hydrogen-bond donors (Lipinski definition) is 1. The minimum absolute atomic E-state index is 0.0368. The van der Waals surface area contributed by atoms with E-state index < -0.39 is 5.97 Å². The van der Waals surface area contributed by atoms with Crippen molar-refractivity contribution in [2.24, 2.45) is 0 Å². The van der Waals surface area contributed by atoms with Crippen LogP contribution in [0.1, 0.15) is 62.7 Å². The molecule has 4 heteroatoms. The van der Waals surface area contributed by atoms with Crippen molar-refractivity contribution in [2.75, 3.05) is 13.2 Å². The van der Waals surface area contributed by atoms with Gasteiger partial charge in [-0.3, -0.25) is 0 Å². The van der Waals surface area contributed by atoms with Gasteiger partial charge in [-0.2, -0.15) is 0 Å². The molecule has 0 aliphatic rings. The highest BCUT2D eigenvalue weighted by atomic mass is 16.5. The maximum atomic E-state index is 10.7. The van der Waals surface area contributed by atoms with Crippen molar-refractivity contribution in [3.63, 3.8) is 0 Å². The molecule has 22 heavy (non-hydrogen) atoms. The predicted molar refractivity (Wildman–Crippen MR) is 87.7 cm³/mol. The Hall–Kier alpha value is -1.55. The fourth-order valence-corrected chi connectivity index (χ4v) is 2.12. The van der Waals surface area contributed by atoms with Crippen LogP contribution >= 0.6 is 0 Å². The van der Waals surface area contributed by atoms with E-state index in [0.717, 1.165) is 13.0 Å². The number of ether oxygens (including phenoxy) is 2. The first-order chi connectivity index (χ1) is 10.6. The Morgan fingerprint density at radius 1 is 1.09 bits per heavy atom. The standard InChI is InChI=1S/C18H28O4/c1-3-4-5-6-7-8-13-21-15(2)14-22-17-11-9-16(10-12-17)18(19)20/h9-12,15H,3-8,13-14H2,1-2H3,(H,19,20). The molecular formula is C18H28O4. The van der Waals surface area contributed by atoms with Gasteiger partial charge in [-0.05, 0) is 37.6 Å². The summed E-state index contributed by atoms with van der Waals surface area (Å²) in [6, 6.07) is 6.42. The van der Waals surface area contributed by atoms with Gasteiger partial charge in [0.15, 0.2) is 0 Å². The van der Waals surface area contributed by atoms with Gasteiger partial charge < -0.3 is 14.6 Å². The Labute approximate surface area is 133 Å². The van der Waals surface area contributed by atoms with Gasteiger partial charge >= 0.3 is 5.97 Å². The van der Waals surface area contributed by atoms with Crippen LogP contribution in [0.25, 0.3) is 0 Å². The average Bonchev–Trinajstić information content (AvgIpc) is 2.52. The third-order valence-corrected chi connectivity index (χ3v) is 3.49. The smallest absolute Gasteiger partial charge is 0.335 e. The van der Waals surface area contributed by atoms with Gasteiger partial charge in [0, 0.05) is 6.61 Å². The quantitative estimate of drug-likeness (QED) is 0.576. The largest absolute Gasteiger partial charge is 0.491 e. The molecule has 0 spiro atoms. The van der Waals surface area contributed by atoms with Crippen LogP contribution in [-0.4, -0.2) is 30.4 Å². The molecule has 1 aromatic carbocycles. The van der Waals surface area contributed by atoms with Gasteiger partial charge in [0.2, 0.25) is 0 Å². The van der Waals surface area contributed by atoms with E-state index in [9.17, 15) is 4.79 Å². The molecule has 0 radical (unpaired) electrons. The zero-order valence-corrected chi connectivity index (χ0v) is 13.7. The highest BCUT2D eigenvalue weighted by Crippen LogP contribution is 2.13. The Bertz CT molecular complexity index is 414. The summed E-state index contributed by atoms with van der Waals surface area (Å²) in [5, 5.41) is 8.82. The number of carboxylic acid groups (broad SMARTS) is 1. The van der Waals surface area contributed by atoms with E-state index in [0.29, 0.717) is 12.4 Å². The lowest BCUT2D eigenvalue weighted by molar-refractivity contribution is 0.0302. The van der Waals surface area contributed by atoms with Gasteiger partial charge in [-0.25, -0.2) is 4.79 Å².